The molecule has 5 nitrogen and oxygen atoms in total. The van der Waals surface area contributed by atoms with Gasteiger partial charge < -0.3 is 14.4 Å². The molecule has 0 radical (unpaired) electrons. The van der Waals surface area contributed by atoms with Crippen LogP contribution in [-0.2, 0) is 16.8 Å². The first-order valence-corrected chi connectivity index (χ1v) is 11.3. The number of hydrogen-bond donors (Lipinski definition) is 0. The number of nitrogens with zero attached hydrogens (tertiary/aromatic N) is 3. The van der Waals surface area contributed by atoms with Gasteiger partial charge in [-0.1, -0.05) is 45.0 Å². The molecule has 1 aliphatic heterocycles. The highest BCUT2D eigenvalue weighted by molar-refractivity contribution is 7.17. The van der Waals surface area contributed by atoms with Crippen LogP contribution in [0.3, 0.4) is 0 Å². The van der Waals surface area contributed by atoms with E-state index in [1.807, 2.05) is 11.0 Å². The first-order chi connectivity index (χ1) is 14.2. The maximum absolute atomic E-state index is 13.3. The fraction of sp³-hybridized carbons (Fsp3) is 0.417. The fourth-order valence-electron chi connectivity index (χ4n) is 4.00. The summed E-state index contributed by atoms with van der Waals surface area (Å²) in [5.74, 6) is 0.123. The van der Waals surface area contributed by atoms with E-state index >= 15 is 0 Å². The lowest BCUT2D eigenvalue weighted by Crippen LogP contribution is -2.50. The number of thiophene rings is 1. The zero-order valence-corrected chi connectivity index (χ0v) is 19.0. The molecular formula is C24H29N3O2S. The number of hydrogen-bond acceptors (Lipinski definition) is 3. The van der Waals surface area contributed by atoms with E-state index in [1.54, 1.807) is 23.2 Å². The van der Waals surface area contributed by atoms with Crippen molar-refractivity contribution in [3.63, 3.8) is 0 Å². The number of benzene rings is 1. The molecule has 1 fully saturated rings. The quantitative estimate of drug-likeness (QED) is 0.629. The van der Waals surface area contributed by atoms with Gasteiger partial charge in [0.2, 0.25) is 5.91 Å². The zero-order valence-electron chi connectivity index (χ0n) is 18.1. The van der Waals surface area contributed by atoms with E-state index in [0.29, 0.717) is 32.7 Å². The molecule has 3 heterocycles. The monoisotopic (exact) mass is 423 g/mol. The van der Waals surface area contributed by atoms with E-state index < -0.39 is 0 Å². The molecule has 0 bridgehead atoms. The second-order valence-electron chi connectivity index (χ2n) is 9.03. The molecule has 30 heavy (non-hydrogen) atoms. The Hall–Kier alpha value is -2.60. The Bertz CT molecular complexity index is 1060. The van der Waals surface area contributed by atoms with Gasteiger partial charge >= 0.3 is 0 Å². The third kappa shape index (κ3) is 4.01. The third-order valence-electron chi connectivity index (χ3n) is 5.91. The number of fused-ring (bicyclic) bond motifs is 1. The molecule has 1 saturated heterocycles. The maximum Gasteiger partial charge on any atom is 0.270 e. The van der Waals surface area contributed by atoms with Crippen molar-refractivity contribution in [2.24, 2.45) is 0 Å². The Labute approximate surface area is 181 Å². The standard InChI is InChI=1S/C24H29N3O2S/c1-17(28)25-10-12-26(13-11-25)23(29)21-15-22-20(9-14-30-22)27(21)16-18-5-7-19(8-6-18)24(2,3)4/h5-9,14-15H,10-13,16H2,1-4H3. The molecule has 3 aromatic rings. The molecule has 2 amide bonds. The van der Waals surface area contributed by atoms with Crippen LogP contribution in [0, 0.1) is 0 Å². The molecule has 4 rings (SSSR count). The molecule has 0 atom stereocenters. The van der Waals surface area contributed by atoms with Crippen LogP contribution in [0.2, 0.25) is 0 Å². The molecule has 0 unspecified atom stereocenters. The van der Waals surface area contributed by atoms with Crippen LogP contribution in [0.1, 0.15) is 49.3 Å². The van der Waals surface area contributed by atoms with Crippen LogP contribution in [0.5, 0.6) is 0 Å². The average molecular weight is 424 g/mol. The van der Waals surface area contributed by atoms with E-state index in [0.717, 1.165) is 15.9 Å². The lowest BCUT2D eigenvalue weighted by molar-refractivity contribution is -0.130. The smallest absolute Gasteiger partial charge is 0.270 e. The Morgan fingerprint density at radius 2 is 1.60 bits per heavy atom. The fourth-order valence-corrected chi connectivity index (χ4v) is 4.83. The molecule has 2 aromatic heterocycles. The summed E-state index contributed by atoms with van der Waals surface area (Å²) in [4.78, 5) is 28.6. The van der Waals surface area contributed by atoms with Crippen LogP contribution >= 0.6 is 11.3 Å². The van der Waals surface area contributed by atoms with Gasteiger partial charge in [0.1, 0.15) is 5.69 Å². The minimum Gasteiger partial charge on any atom is -0.339 e. The van der Waals surface area contributed by atoms with Crippen molar-refractivity contribution in [3.05, 3.63) is 58.6 Å². The first-order valence-electron chi connectivity index (χ1n) is 10.4. The van der Waals surface area contributed by atoms with Gasteiger partial charge in [-0.25, -0.2) is 0 Å². The minimum absolute atomic E-state index is 0.0490. The number of rotatable bonds is 3. The van der Waals surface area contributed by atoms with Crippen LogP contribution in [0.15, 0.2) is 41.8 Å². The third-order valence-corrected chi connectivity index (χ3v) is 6.77. The average Bonchev–Trinajstić information content (AvgIpc) is 3.30. The summed E-state index contributed by atoms with van der Waals surface area (Å²) in [5.41, 5.74) is 4.44. The van der Waals surface area contributed by atoms with Crippen molar-refractivity contribution >= 4 is 33.4 Å². The topological polar surface area (TPSA) is 45.6 Å². The van der Waals surface area contributed by atoms with Crippen molar-refractivity contribution in [1.29, 1.82) is 0 Å². The number of carbonyl (C=O) groups excluding carboxylic acids is 2. The summed E-state index contributed by atoms with van der Waals surface area (Å²) in [6, 6.07) is 12.8. The highest BCUT2D eigenvalue weighted by Crippen LogP contribution is 2.28. The van der Waals surface area contributed by atoms with Gasteiger partial charge in [0.15, 0.2) is 0 Å². The van der Waals surface area contributed by atoms with Gasteiger partial charge in [-0.05, 0) is 34.1 Å². The van der Waals surface area contributed by atoms with Gasteiger partial charge in [0, 0.05) is 39.6 Å². The Balaban J connectivity index is 1.59. The second-order valence-corrected chi connectivity index (χ2v) is 9.98. The number of piperazine rings is 1. The molecule has 1 aliphatic rings. The minimum atomic E-state index is 0.0490. The summed E-state index contributed by atoms with van der Waals surface area (Å²) >= 11 is 1.66. The van der Waals surface area contributed by atoms with E-state index in [1.165, 1.54) is 11.1 Å². The maximum atomic E-state index is 13.3. The summed E-state index contributed by atoms with van der Waals surface area (Å²) in [5, 5.41) is 2.07. The van der Waals surface area contributed by atoms with Crippen molar-refractivity contribution < 1.29 is 9.59 Å². The zero-order chi connectivity index (χ0) is 21.5. The molecular weight excluding hydrogens is 394 g/mol. The Kier molecular flexibility index (Phi) is 5.45. The van der Waals surface area contributed by atoms with Crippen LogP contribution in [0.25, 0.3) is 10.2 Å². The highest BCUT2D eigenvalue weighted by Gasteiger charge is 2.26. The second kappa shape index (κ2) is 7.91. The van der Waals surface area contributed by atoms with Crippen molar-refractivity contribution in [2.45, 2.75) is 39.7 Å². The molecule has 0 aliphatic carbocycles. The summed E-state index contributed by atoms with van der Waals surface area (Å²) in [6.07, 6.45) is 0. The van der Waals surface area contributed by atoms with E-state index in [4.69, 9.17) is 0 Å². The predicted octanol–water partition coefficient (Wildman–Crippen LogP) is 4.35. The van der Waals surface area contributed by atoms with Gasteiger partial charge in [-0.3, -0.25) is 9.59 Å². The highest BCUT2D eigenvalue weighted by atomic mass is 32.1. The lowest BCUT2D eigenvalue weighted by Gasteiger charge is -2.34. The number of carbonyl (C=O) groups is 2. The number of amides is 2. The molecule has 0 N–H and O–H groups in total. The van der Waals surface area contributed by atoms with Crippen LogP contribution < -0.4 is 0 Å². The first kappa shape index (κ1) is 20.7. The van der Waals surface area contributed by atoms with Gasteiger partial charge in [-0.2, -0.15) is 0 Å². The molecule has 0 spiro atoms. The van der Waals surface area contributed by atoms with Gasteiger partial charge in [0.05, 0.1) is 10.2 Å². The van der Waals surface area contributed by atoms with Gasteiger partial charge in [0.25, 0.3) is 5.91 Å². The predicted molar refractivity (Wildman–Crippen MR) is 122 cm³/mol. The molecule has 158 valence electrons. The van der Waals surface area contributed by atoms with Crippen molar-refractivity contribution in [2.75, 3.05) is 26.2 Å². The summed E-state index contributed by atoms with van der Waals surface area (Å²) in [7, 11) is 0. The number of aromatic nitrogens is 1. The van der Waals surface area contributed by atoms with E-state index in [-0.39, 0.29) is 17.2 Å². The molecule has 6 heteroatoms. The SMILES string of the molecule is CC(=O)N1CCN(C(=O)c2cc3sccc3n2Cc2ccc(C(C)(C)C)cc2)CC1. The van der Waals surface area contributed by atoms with E-state index in [9.17, 15) is 9.59 Å². The molecule has 1 aromatic carbocycles. The van der Waals surface area contributed by atoms with Crippen LogP contribution in [-0.4, -0.2) is 52.4 Å². The summed E-state index contributed by atoms with van der Waals surface area (Å²) < 4.78 is 3.27. The Morgan fingerprint density at radius 1 is 0.967 bits per heavy atom. The van der Waals surface area contributed by atoms with Gasteiger partial charge in [-0.15, -0.1) is 11.3 Å². The lowest BCUT2D eigenvalue weighted by atomic mass is 9.87. The summed E-state index contributed by atoms with van der Waals surface area (Å²) in [6.45, 7) is 11.3. The van der Waals surface area contributed by atoms with Crippen molar-refractivity contribution in [1.82, 2.24) is 14.4 Å². The Morgan fingerprint density at radius 3 is 2.20 bits per heavy atom. The normalized spacial score (nSPS) is 15.1. The molecule has 0 saturated carbocycles. The van der Waals surface area contributed by atoms with E-state index in [2.05, 4.69) is 61.1 Å². The van der Waals surface area contributed by atoms with Crippen LogP contribution in [0.4, 0.5) is 0 Å². The van der Waals surface area contributed by atoms with Crippen molar-refractivity contribution in [3.8, 4) is 0 Å². The largest absolute Gasteiger partial charge is 0.339 e.